The molecule has 1 aromatic rings. The fraction of sp³-hybridized carbons (Fsp3) is 0.846. The number of aromatic nitrogens is 3. The molecule has 0 atom stereocenters. The van der Waals surface area contributed by atoms with Crippen molar-refractivity contribution in [2.45, 2.75) is 52.2 Å². The van der Waals surface area contributed by atoms with Gasteiger partial charge in [-0.1, -0.05) is 20.3 Å². The number of alkyl halides is 1. The Balaban J connectivity index is 1.99. The van der Waals surface area contributed by atoms with Crippen molar-refractivity contribution < 1.29 is 0 Å². The van der Waals surface area contributed by atoms with Gasteiger partial charge in [-0.3, -0.25) is 4.90 Å². The Morgan fingerprint density at radius 2 is 2.28 bits per heavy atom. The first-order valence-electron chi connectivity index (χ1n) is 6.87. The van der Waals surface area contributed by atoms with E-state index in [1.165, 1.54) is 19.3 Å². The Kier molecular flexibility index (Phi) is 5.01. The van der Waals surface area contributed by atoms with Crippen LogP contribution in [0.25, 0.3) is 0 Å². The molecule has 1 fully saturated rings. The molecule has 102 valence electrons. The van der Waals surface area contributed by atoms with Crippen molar-refractivity contribution in [2.24, 2.45) is 5.92 Å². The molecule has 1 aliphatic carbocycles. The topological polar surface area (TPSA) is 34.0 Å². The molecular weight excluding hydrogens is 248 g/mol. The van der Waals surface area contributed by atoms with Gasteiger partial charge in [-0.15, -0.1) is 11.6 Å². The summed E-state index contributed by atoms with van der Waals surface area (Å²) in [5.41, 5.74) is 0. The zero-order valence-electron chi connectivity index (χ0n) is 11.3. The van der Waals surface area contributed by atoms with Crippen LogP contribution >= 0.6 is 11.6 Å². The minimum absolute atomic E-state index is 0.593. The van der Waals surface area contributed by atoms with E-state index >= 15 is 0 Å². The van der Waals surface area contributed by atoms with Gasteiger partial charge in [0.2, 0.25) is 0 Å². The van der Waals surface area contributed by atoms with Crippen LogP contribution in [0.3, 0.4) is 0 Å². The van der Waals surface area contributed by atoms with E-state index in [-0.39, 0.29) is 0 Å². The van der Waals surface area contributed by atoms with Crippen molar-refractivity contribution in [3.63, 3.8) is 0 Å². The van der Waals surface area contributed by atoms with Crippen LogP contribution < -0.4 is 0 Å². The SMILES string of the molecule is CC(C)Cn1ncnc1CN(CCCl)C1CCC1. The summed E-state index contributed by atoms with van der Waals surface area (Å²) in [5, 5.41) is 4.32. The highest BCUT2D eigenvalue weighted by atomic mass is 35.5. The van der Waals surface area contributed by atoms with Crippen LogP contribution in [0.15, 0.2) is 6.33 Å². The highest BCUT2D eigenvalue weighted by Crippen LogP contribution is 2.25. The summed E-state index contributed by atoms with van der Waals surface area (Å²) in [4.78, 5) is 6.85. The van der Waals surface area contributed by atoms with Crippen LogP contribution in [0, 0.1) is 5.92 Å². The molecule has 2 rings (SSSR count). The van der Waals surface area contributed by atoms with Crippen molar-refractivity contribution >= 4 is 11.6 Å². The van der Waals surface area contributed by atoms with Gasteiger partial charge in [0.25, 0.3) is 0 Å². The summed E-state index contributed by atoms with van der Waals surface area (Å²) in [6.07, 6.45) is 5.61. The molecule has 0 radical (unpaired) electrons. The van der Waals surface area contributed by atoms with E-state index < -0.39 is 0 Å². The Morgan fingerprint density at radius 1 is 1.50 bits per heavy atom. The smallest absolute Gasteiger partial charge is 0.141 e. The Bertz CT molecular complexity index is 360. The van der Waals surface area contributed by atoms with E-state index in [1.54, 1.807) is 6.33 Å². The number of nitrogens with zero attached hydrogens (tertiary/aromatic N) is 4. The van der Waals surface area contributed by atoms with Crippen LogP contribution in [-0.2, 0) is 13.1 Å². The van der Waals surface area contributed by atoms with Crippen molar-refractivity contribution in [2.75, 3.05) is 12.4 Å². The molecule has 1 aliphatic rings. The molecule has 0 unspecified atom stereocenters. The summed E-state index contributed by atoms with van der Waals surface area (Å²) < 4.78 is 2.03. The maximum Gasteiger partial charge on any atom is 0.141 e. The highest BCUT2D eigenvalue weighted by Gasteiger charge is 2.25. The summed E-state index contributed by atoms with van der Waals surface area (Å²) in [6.45, 7) is 7.17. The second kappa shape index (κ2) is 6.53. The molecule has 18 heavy (non-hydrogen) atoms. The molecule has 0 N–H and O–H groups in total. The molecule has 0 aromatic carbocycles. The van der Waals surface area contributed by atoms with E-state index in [0.29, 0.717) is 17.8 Å². The van der Waals surface area contributed by atoms with E-state index in [2.05, 4.69) is 28.8 Å². The van der Waals surface area contributed by atoms with Gasteiger partial charge in [0.1, 0.15) is 12.2 Å². The highest BCUT2D eigenvalue weighted by molar-refractivity contribution is 6.18. The average Bonchev–Trinajstić information content (AvgIpc) is 2.62. The summed E-state index contributed by atoms with van der Waals surface area (Å²) in [5.74, 6) is 2.35. The summed E-state index contributed by atoms with van der Waals surface area (Å²) >= 11 is 5.90. The third-order valence-corrected chi connectivity index (χ3v) is 3.71. The van der Waals surface area contributed by atoms with Crippen molar-refractivity contribution in [1.82, 2.24) is 19.7 Å². The molecule has 0 spiro atoms. The van der Waals surface area contributed by atoms with Gasteiger partial charge >= 0.3 is 0 Å². The standard InChI is InChI=1S/C13H23ClN4/c1-11(2)8-18-13(15-10-16-18)9-17(7-6-14)12-4-3-5-12/h10-12H,3-9H2,1-2H3. The molecule has 1 aromatic heterocycles. The van der Waals surface area contributed by atoms with E-state index in [1.807, 2.05) is 4.68 Å². The van der Waals surface area contributed by atoms with Gasteiger partial charge < -0.3 is 0 Å². The molecule has 1 heterocycles. The van der Waals surface area contributed by atoms with Crippen LogP contribution in [0.1, 0.15) is 38.9 Å². The van der Waals surface area contributed by atoms with Crippen LogP contribution in [0.5, 0.6) is 0 Å². The fourth-order valence-corrected chi connectivity index (χ4v) is 2.56. The fourth-order valence-electron chi connectivity index (χ4n) is 2.34. The predicted octanol–water partition coefficient (Wildman–Crippen LogP) is 2.53. The largest absolute Gasteiger partial charge is 0.292 e. The molecule has 5 heteroatoms. The molecule has 0 bridgehead atoms. The van der Waals surface area contributed by atoms with Crippen LogP contribution in [0.2, 0.25) is 0 Å². The van der Waals surface area contributed by atoms with Gasteiger partial charge in [-0.05, 0) is 18.8 Å². The lowest BCUT2D eigenvalue weighted by atomic mass is 9.91. The van der Waals surface area contributed by atoms with Crippen LogP contribution in [-0.4, -0.2) is 38.1 Å². The van der Waals surface area contributed by atoms with Gasteiger partial charge in [-0.2, -0.15) is 5.10 Å². The third kappa shape index (κ3) is 3.45. The number of rotatable bonds is 7. The third-order valence-electron chi connectivity index (χ3n) is 3.54. The van der Waals surface area contributed by atoms with Crippen LogP contribution in [0.4, 0.5) is 0 Å². The number of hydrogen-bond donors (Lipinski definition) is 0. The monoisotopic (exact) mass is 270 g/mol. The maximum absolute atomic E-state index is 5.90. The van der Waals surface area contributed by atoms with Gasteiger partial charge in [0, 0.05) is 25.0 Å². The lowest BCUT2D eigenvalue weighted by Crippen LogP contribution is -2.41. The summed E-state index contributed by atoms with van der Waals surface area (Å²) in [6, 6.07) is 0.702. The minimum Gasteiger partial charge on any atom is -0.292 e. The minimum atomic E-state index is 0.593. The first-order valence-corrected chi connectivity index (χ1v) is 7.41. The zero-order valence-corrected chi connectivity index (χ0v) is 12.1. The predicted molar refractivity (Wildman–Crippen MR) is 73.6 cm³/mol. The van der Waals surface area contributed by atoms with Crippen molar-refractivity contribution in [3.8, 4) is 0 Å². The molecule has 1 saturated carbocycles. The van der Waals surface area contributed by atoms with E-state index in [0.717, 1.165) is 25.5 Å². The Hall–Kier alpha value is -0.610. The molecule has 0 saturated heterocycles. The number of hydrogen-bond acceptors (Lipinski definition) is 3. The molecular formula is C13H23ClN4. The van der Waals surface area contributed by atoms with E-state index in [4.69, 9.17) is 11.6 Å². The quantitative estimate of drug-likeness (QED) is 0.714. The first kappa shape index (κ1) is 13.8. The Morgan fingerprint density at radius 3 is 2.83 bits per heavy atom. The second-order valence-electron chi connectivity index (χ2n) is 5.50. The van der Waals surface area contributed by atoms with Gasteiger partial charge in [0.05, 0.1) is 6.54 Å². The first-order chi connectivity index (χ1) is 8.70. The molecule has 0 amide bonds. The lowest BCUT2D eigenvalue weighted by molar-refractivity contribution is 0.122. The zero-order chi connectivity index (χ0) is 13.0. The maximum atomic E-state index is 5.90. The van der Waals surface area contributed by atoms with Crippen molar-refractivity contribution in [1.29, 1.82) is 0 Å². The van der Waals surface area contributed by atoms with Crippen molar-refractivity contribution in [3.05, 3.63) is 12.2 Å². The average molecular weight is 271 g/mol. The normalized spacial score (nSPS) is 16.5. The molecule has 0 aliphatic heterocycles. The number of halogens is 1. The summed E-state index contributed by atoms with van der Waals surface area (Å²) in [7, 11) is 0. The molecule has 4 nitrogen and oxygen atoms in total. The van der Waals surface area contributed by atoms with Gasteiger partial charge in [-0.25, -0.2) is 9.67 Å². The Labute approximate surface area is 114 Å². The second-order valence-corrected chi connectivity index (χ2v) is 5.87. The van der Waals surface area contributed by atoms with E-state index in [9.17, 15) is 0 Å². The lowest BCUT2D eigenvalue weighted by Gasteiger charge is -2.36. The van der Waals surface area contributed by atoms with Gasteiger partial charge in [0.15, 0.2) is 0 Å².